The van der Waals surface area contributed by atoms with Gasteiger partial charge in [-0.1, -0.05) is 37.3 Å². The smallest absolute Gasteiger partial charge is 0.168 e. The second-order valence-electron chi connectivity index (χ2n) is 5.52. The minimum atomic E-state index is 0. The van der Waals surface area contributed by atoms with Crippen LogP contribution >= 0.6 is 0 Å². The summed E-state index contributed by atoms with van der Waals surface area (Å²) in [5, 5.41) is 2.96. The molecule has 1 aliphatic rings. The topological polar surface area (TPSA) is 0 Å². The monoisotopic (exact) mass is 218 g/mol. The van der Waals surface area contributed by atoms with Crippen molar-refractivity contribution in [2.45, 2.75) is 39.5 Å². The average molecular weight is 218 g/mol. The van der Waals surface area contributed by atoms with Crippen LogP contribution in [0.3, 0.4) is 0 Å². The molecular formula is C16H19Li. The van der Waals surface area contributed by atoms with Crippen molar-refractivity contribution in [3.8, 4) is 0 Å². The average Bonchev–Trinajstić information content (AvgIpc) is 2.81. The zero-order chi connectivity index (χ0) is 11.1. The fourth-order valence-electron chi connectivity index (χ4n) is 2.96. The number of aryl methyl sites for hydroxylation is 2. The van der Waals surface area contributed by atoms with Gasteiger partial charge in [0.15, 0.2) is 0 Å². The van der Waals surface area contributed by atoms with Crippen LogP contribution < -0.4 is 18.9 Å². The van der Waals surface area contributed by atoms with Gasteiger partial charge in [-0.2, -0.15) is 6.07 Å². The van der Waals surface area contributed by atoms with E-state index in [-0.39, 0.29) is 18.9 Å². The summed E-state index contributed by atoms with van der Waals surface area (Å²) in [6, 6.07) is 9.49. The van der Waals surface area contributed by atoms with Crippen LogP contribution in [0.4, 0.5) is 0 Å². The molecule has 0 radical (unpaired) electrons. The number of fused-ring (bicyclic) bond motifs is 2. The number of rotatable bonds is 2. The van der Waals surface area contributed by atoms with Crippen molar-refractivity contribution >= 4 is 10.8 Å². The van der Waals surface area contributed by atoms with Gasteiger partial charge in [-0.25, -0.2) is 0 Å². The first-order valence-electron chi connectivity index (χ1n) is 6.44. The van der Waals surface area contributed by atoms with E-state index in [1.54, 1.807) is 16.7 Å². The molecule has 0 unspecified atom stereocenters. The molecule has 1 aliphatic carbocycles. The Morgan fingerprint density at radius 2 is 1.88 bits per heavy atom. The molecule has 0 atom stereocenters. The summed E-state index contributed by atoms with van der Waals surface area (Å²) < 4.78 is 0. The molecule has 0 aromatic heterocycles. The van der Waals surface area contributed by atoms with Crippen LogP contribution in [0.5, 0.6) is 0 Å². The predicted molar refractivity (Wildman–Crippen MR) is 70.1 cm³/mol. The molecule has 0 fully saturated rings. The van der Waals surface area contributed by atoms with Gasteiger partial charge >= 0.3 is 18.9 Å². The Balaban J connectivity index is 0.00000108. The Labute approximate surface area is 116 Å². The van der Waals surface area contributed by atoms with E-state index in [2.05, 4.69) is 38.1 Å². The largest absolute Gasteiger partial charge is 1.00 e. The zero-order valence-electron chi connectivity index (χ0n) is 11.2. The summed E-state index contributed by atoms with van der Waals surface area (Å²) in [4.78, 5) is 0. The van der Waals surface area contributed by atoms with Gasteiger partial charge in [-0.15, -0.1) is 34.5 Å². The van der Waals surface area contributed by atoms with Crippen LogP contribution in [-0.2, 0) is 19.3 Å². The maximum absolute atomic E-state index is 2.45. The molecule has 2 aromatic carbocycles. The van der Waals surface area contributed by atoms with Gasteiger partial charge in [0.2, 0.25) is 0 Å². The second kappa shape index (κ2) is 4.97. The maximum atomic E-state index is 2.45. The van der Waals surface area contributed by atoms with E-state index in [0.717, 1.165) is 5.92 Å². The first-order valence-corrected chi connectivity index (χ1v) is 6.44. The van der Waals surface area contributed by atoms with Crippen LogP contribution in [-0.4, -0.2) is 0 Å². The molecule has 0 heterocycles. The van der Waals surface area contributed by atoms with E-state index >= 15 is 0 Å². The first-order chi connectivity index (χ1) is 7.74. The van der Waals surface area contributed by atoms with Crippen LogP contribution in [0, 0.1) is 5.92 Å². The Hall–Kier alpha value is -0.573. The molecule has 0 saturated carbocycles. The standard InChI is InChI=1S/C16H19.Li/c1-11(2)8-14-6-7-15-9-12-4-3-5-13(12)10-16(14)15;/h6-7,9-11H,3-5,8H2,1-2H3;/q-1;+1. The second-order valence-corrected chi connectivity index (χ2v) is 5.52. The van der Waals surface area contributed by atoms with Gasteiger partial charge in [0.25, 0.3) is 0 Å². The Kier molecular flexibility index (Phi) is 3.76. The van der Waals surface area contributed by atoms with E-state index in [4.69, 9.17) is 0 Å². The zero-order valence-corrected chi connectivity index (χ0v) is 11.2. The summed E-state index contributed by atoms with van der Waals surface area (Å²) in [7, 11) is 0. The van der Waals surface area contributed by atoms with Crippen molar-refractivity contribution in [3.05, 3.63) is 41.0 Å². The Bertz CT molecular complexity index is 520. The molecule has 3 rings (SSSR count). The molecule has 0 bridgehead atoms. The molecule has 0 nitrogen and oxygen atoms in total. The van der Waals surface area contributed by atoms with Crippen molar-refractivity contribution in [2.75, 3.05) is 0 Å². The predicted octanol–water partition coefficient (Wildman–Crippen LogP) is 1.25. The van der Waals surface area contributed by atoms with E-state index in [9.17, 15) is 0 Å². The van der Waals surface area contributed by atoms with Crippen molar-refractivity contribution in [2.24, 2.45) is 5.92 Å². The van der Waals surface area contributed by atoms with E-state index in [1.165, 1.54) is 36.5 Å². The van der Waals surface area contributed by atoms with E-state index in [1.807, 2.05) is 0 Å². The summed E-state index contributed by atoms with van der Waals surface area (Å²) in [5.41, 5.74) is 4.73. The molecule has 84 valence electrons. The molecule has 1 heteroatoms. The quantitative estimate of drug-likeness (QED) is 0.525. The molecule has 0 spiro atoms. The Morgan fingerprint density at radius 3 is 2.59 bits per heavy atom. The third-order valence-electron chi connectivity index (χ3n) is 3.70. The first kappa shape index (κ1) is 12.9. The van der Waals surface area contributed by atoms with Crippen LogP contribution in [0.2, 0.25) is 0 Å². The van der Waals surface area contributed by atoms with Gasteiger partial charge in [-0.3, -0.25) is 0 Å². The molecule has 0 saturated heterocycles. The van der Waals surface area contributed by atoms with Gasteiger partial charge in [0.1, 0.15) is 0 Å². The normalized spacial score (nSPS) is 14.1. The van der Waals surface area contributed by atoms with Crippen molar-refractivity contribution in [1.82, 2.24) is 0 Å². The fourth-order valence-corrected chi connectivity index (χ4v) is 2.96. The van der Waals surface area contributed by atoms with E-state index in [0.29, 0.717) is 0 Å². The molecule has 0 N–H and O–H groups in total. The molecular weight excluding hydrogens is 199 g/mol. The minimum Gasteiger partial charge on any atom is -0.168 e. The van der Waals surface area contributed by atoms with Crippen molar-refractivity contribution in [3.63, 3.8) is 0 Å². The number of hydrogen-bond donors (Lipinski definition) is 0. The third kappa shape index (κ3) is 2.35. The summed E-state index contributed by atoms with van der Waals surface area (Å²) in [5.74, 6) is 0.749. The number of benzene rings is 1. The summed E-state index contributed by atoms with van der Waals surface area (Å²) in [6.45, 7) is 4.60. The van der Waals surface area contributed by atoms with Crippen molar-refractivity contribution < 1.29 is 18.9 Å². The minimum absolute atomic E-state index is 0. The van der Waals surface area contributed by atoms with Crippen LogP contribution in [0.15, 0.2) is 24.3 Å². The molecule has 17 heavy (non-hydrogen) atoms. The molecule has 0 aliphatic heterocycles. The number of hydrogen-bond acceptors (Lipinski definition) is 0. The Morgan fingerprint density at radius 1 is 1.18 bits per heavy atom. The van der Waals surface area contributed by atoms with Crippen LogP contribution in [0.1, 0.15) is 37.0 Å². The summed E-state index contributed by atoms with van der Waals surface area (Å²) >= 11 is 0. The van der Waals surface area contributed by atoms with E-state index < -0.39 is 0 Å². The third-order valence-corrected chi connectivity index (χ3v) is 3.70. The fraction of sp³-hybridized carbons (Fsp3) is 0.438. The van der Waals surface area contributed by atoms with Crippen molar-refractivity contribution in [1.29, 1.82) is 0 Å². The maximum Gasteiger partial charge on any atom is 1.00 e. The summed E-state index contributed by atoms with van der Waals surface area (Å²) in [6.07, 6.45) is 5.14. The van der Waals surface area contributed by atoms with Crippen LogP contribution in [0.25, 0.3) is 10.8 Å². The molecule has 0 amide bonds. The molecule has 2 aromatic rings. The van der Waals surface area contributed by atoms with Gasteiger partial charge < -0.3 is 0 Å². The SMILES string of the molecule is CC(C)C[c-]1ccc2cc3c(cc21)CCC3.[Li+]. The van der Waals surface area contributed by atoms with Gasteiger partial charge in [0, 0.05) is 0 Å². The van der Waals surface area contributed by atoms with Gasteiger partial charge in [0.05, 0.1) is 0 Å². The van der Waals surface area contributed by atoms with Gasteiger partial charge in [-0.05, 0) is 19.3 Å².